The second kappa shape index (κ2) is 5.40. The fraction of sp³-hybridized carbons (Fsp3) is 0.667. The molecule has 1 aromatic rings. The third-order valence-corrected chi connectivity index (χ3v) is 5.45. The molecule has 0 unspecified atom stereocenters. The van der Waals surface area contributed by atoms with Gasteiger partial charge in [-0.25, -0.2) is 4.98 Å². The molecule has 1 aromatic heterocycles. The van der Waals surface area contributed by atoms with Gasteiger partial charge in [0.25, 0.3) is 0 Å². The Balaban J connectivity index is 1.73. The van der Waals surface area contributed by atoms with Crippen LogP contribution in [-0.2, 0) is 15.3 Å². The molecule has 1 aliphatic rings. The molecule has 0 aromatic carbocycles. The molecule has 1 heterocycles. The van der Waals surface area contributed by atoms with E-state index in [4.69, 9.17) is 4.74 Å². The lowest BCUT2D eigenvalue weighted by Gasteiger charge is -2.12. The number of methoxy groups -OCH3 is 1. The predicted molar refractivity (Wildman–Crippen MR) is 71.3 cm³/mol. The van der Waals surface area contributed by atoms with E-state index >= 15 is 0 Å². The number of nitrogens with zero attached hydrogens (tertiary/aromatic N) is 1. The first-order valence-electron chi connectivity index (χ1n) is 5.69. The SMILES string of the molecule is COC(=O)CC1(CSCc2cnc(C)s2)CC1. The molecule has 94 valence electrons. The van der Waals surface area contributed by atoms with E-state index in [2.05, 4.69) is 4.98 Å². The molecule has 5 heteroatoms. The summed E-state index contributed by atoms with van der Waals surface area (Å²) in [4.78, 5) is 16.8. The van der Waals surface area contributed by atoms with Crippen molar-refractivity contribution >= 4 is 29.1 Å². The van der Waals surface area contributed by atoms with Crippen molar-refractivity contribution in [1.29, 1.82) is 0 Å². The highest BCUT2D eigenvalue weighted by molar-refractivity contribution is 7.98. The number of thiazole rings is 1. The lowest BCUT2D eigenvalue weighted by Crippen LogP contribution is -2.13. The average molecular weight is 271 g/mol. The van der Waals surface area contributed by atoms with Gasteiger partial charge < -0.3 is 4.74 Å². The van der Waals surface area contributed by atoms with Gasteiger partial charge in [0.15, 0.2) is 0 Å². The van der Waals surface area contributed by atoms with Crippen LogP contribution in [0.15, 0.2) is 6.20 Å². The van der Waals surface area contributed by atoms with Gasteiger partial charge in [-0.05, 0) is 30.9 Å². The van der Waals surface area contributed by atoms with Crippen molar-refractivity contribution in [1.82, 2.24) is 4.98 Å². The Labute approximate surface area is 110 Å². The molecule has 0 radical (unpaired) electrons. The van der Waals surface area contributed by atoms with Crippen molar-refractivity contribution in [3.05, 3.63) is 16.1 Å². The molecule has 2 rings (SSSR count). The van der Waals surface area contributed by atoms with Crippen molar-refractivity contribution < 1.29 is 9.53 Å². The van der Waals surface area contributed by atoms with Gasteiger partial charge in [0, 0.05) is 16.8 Å². The predicted octanol–water partition coefficient (Wildman–Crippen LogP) is 3.03. The largest absolute Gasteiger partial charge is 0.469 e. The fourth-order valence-electron chi connectivity index (χ4n) is 1.77. The second-order valence-electron chi connectivity index (χ2n) is 4.59. The van der Waals surface area contributed by atoms with E-state index in [0.29, 0.717) is 6.42 Å². The number of aromatic nitrogens is 1. The standard InChI is InChI=1S/C12H17NO2S2/c1-9-13-6-10(17-9)7-16-8-12(3-4-12)5-11(14)15-2/h6H,3-5,7-8H2,1-2H3. The third kappa shape index (κ3) is 3.71. The Morgan fingerprint density at radius 3 is 2.94 bits per heavy atom. The number of hydrogen-bond donors (Lipinski definition) is 0. The van der Waals surface area contributed by atoms with Crippen LogP contribution in [-0.4, -0.2) is 23.8 Å². The van der Waals surface area contributed by atoms with Crippen LogP contribution in [0.25, 0.3) is 0 Å². The normalized spacial score (nSPS) is 16.8. The molecular formula is C12H17NO2S2. The zero-order valence-corrected chi connectivity index (χ0v) is 11.8. The van der Waals surface area contributed by atoms with E-state index < -0.39 is 0 Å². The van der Waals surface area contributed by atoms with Crippen molar-refractivity contribution in [3.8, 4) is 0 Å². The van der Waals surface area contributed by atoms with E-state index in [1.54, 1.807) is 11.3 Å². The summed E-state index contributed by atoms with van der Waals surface area (Å²) < 4.78 is 4.74. The highest BCUT2D eigenvalue weighted by atomic mass is 32.2. The summed E-state index contributed by atoms with van der Waals surface area (Å²) in [6.07, 6.45) is 4.86. The smallest absolute Gasteiger partial charge is 0.306 e. The Morgan fingerprint density at radius 2 is 2.41 bits per heavy atom. The Bertz CT molecular complexity index is 399. The maximum atomic E-state index is 11.3. The number of hydrogen-bond acceptors (Lipinski definition) is 5. The first-order chi connectivity index (χ1) is 8.13. The Hall–Kier alpha value is -0.550. The molecule has 0 N–H and O–H groups in total. The first kappa shape index (κ1) is 12.9. The van der Waals surface area contributed by atoms with E-state index in [1.807, 2.05) is 24.9 Å². The van der Waals surface area contributed by atoms with Crippen LogP contribution in [0, 0.1) is 12.3 Å². The summed E-state index contributed by atoms with van der Waals surface area (Å²) >= 11 is 3.66. The molecule has 0 amide bonds. The summed E-state index contributed by atoms with van der Waals surface area (Å²) in [5.74, 6) is 1.99. The van der Waals surface area contributed by atoms with Crippen LogP contribution in [0.2, 0.25) is 0 Å². The van der Waals surface area contributed by atoms with E-state index in [-0.39, 0.29) is 11.4 Å². The quantitative estimate of drug-likeness (QED) is 0.746. The van der Waals surface area contributed by atoms with Gasteiger partial charge in [-0.2, -0.15) is 11.8 Å². The van der Waals surface area contributed by atoms with Crippen LogP contribution in [0.3, 0.4) is 0 Å². The van der Waals surface area contributed by atoms with Crippen LogP contribution in [0.5, 0.6) is 0 Å². The number of aryl methyl sites for hydroxylation is 1. The summed E-state index contributed by atoms with van der Waals surface area (Å²) in [7, 11) is 1.46. The van der Waals surface area contributed by atoms with Gasteiger partial charge in [0.1, 0.15) is 0 Å². The zero-order chi connectivity index (χ0) is 12.3. The summed E-state index contributed by atoms with van der Waals surface area (Å²) in [6.45, 7) is 2.03. The van der Waals surface area contributed by atoms with Crippen LogP contribution in [0.4, 0.5) is 0 Å². The summed E-state index contributed by atoms with van der Waals surface area (Å²) in [5, 5.41) is 1.12. The molecule has 0 aliphatic heterocycles. The maximum Gasteiger partial charge on any atom is 0.306 e. The minimum absolute atomic E-state index is 0.0725. The zero-order valence-electron chi connectivity index (χ0n) is 10.2. The van der Waals surface area contributed by atoms with Gasteiger partial charge in [-0.1, -0.05) is 0 Å². The van der Waals surface area contributed by atoms with Crippen molar-refractivity contribution in [3.63, 3.8) is 0 Å². The fourth-order valence-corrected chi connectivity index (χ4v) is 4.04. The minimum atomic E-state index is -0.0725. The van der Waals surface area contributed by atoms with Crippen molar-refractivity contribution in [2.24, 2.45) is 5.41 Å². The van der Waals surface area contributed by atoms with Gasteiger partial charge >= 0.3 is 5.97 Å². The van der Waals surface area contributed by atoms with Gasteiger partial charge in [0.2, 0.25) is 0 Å². The van der Waals surface area contributed by atoms with Gasteiger partial charge in [-0.3, -0.25) is 4.79 Å². The topological polar surface area (TPSA) is 39.2 Å². The first-order valence-corrected chi connectivity index (χ1v) is 7.67. The molecule has 0 atom stereocenters. The molecule has 1 aliphatic carbocycles. The molecule has 0 spiro atoms. The van der Waals surface area contributed by atoms with Crippen LogP contribution < -0.4 is 0 Å². The highest BCUT2D eigenvalue weighted by Crippen LogP contribution is 2.51. The molecule has 0 saturated heterocycles. The summed E-state index contributed by atoms with van der Waals surface area (Å²) in [6, 6.07) is 0. The van der Waals surface area contributed by atoms with Crippen LogP contribution >= 0.6 is 23.1 Å². The number of ether oxygens (including phenoxy) is 1. The monoisotopic (exact) mass is 271 g/mol. The van der Waals surface area contributed by atoms with Gasteiger partial charge in [0.05, 0.1) is 18.5 Å². The van der Waals surface area contributed by atoms with E-state index in [0.717, 1.165) is 29.4 Å². The number of thioether (sulfide) groups is 1. The van der Waals surface area contributed by atoms with Crippen molar-refractivity contribution in [2.45, 2.75) is 31.9 Å². The average Bonchev–Trinajstić information content (AvgIpc) is 2.93. The molecule has 1 saturated carbocycles. The molecule has 17 heavy (non-hydrogen) atoms. The lowest BCUT2D eigenvalue weighted by molar-refractivity contribution is -0.141. The summed E-state index contributed by atoms with van der Waals surface area (Å²) in [5.41, 5.74) is 0.234. The molecule has 3 nitrogen and oxygen atoms in total. The Kier molecular flexibility index (Phi) is 4.09. The molecule has 1 fully saturated rings. The van der Waals surface area contributed by atoms with Crippen LogP contribution in [0.1, 0.15) is 29.1 Å². The van der Waals surface area contributed by atoms with E-state index in [9.17, 15) is 4.79 Å². The number of carbonyl (C=O) groups is 1. The number of rotatable bonds is 6. The highest BCUT2D eigenvalue weighted by Gasteiger charge is 2.44. The Morgan fingerprint density at radius 1 is 1.65 bits per heavy atom. The van der Waals surface area contributed by atoms with Crippen molar-refractivity contribution in [2.75, 3.05) is 12.9 Å². The van der Waals surface area contributed by atoms with E-state index in [1.165, 1.54) is 12.0 Å². The van der Waals surface area contributed by atoms with Gasteiger partial charge in [-0.15, -0.1) is 11.3 Å². The lowest BCUT2D eigenvalue weighted by atomic mass is 10.1. The molecular weight excluding hydrogens is 254 g/mol. The maximum absolute atomic E-state index is 11.3. The third-order valence-electron chi connectivity index (χ3n) is 3.03. The minimum Gasteiger partial charge on any atom is -0.469 e. The number of carbonyl (C=O) groups excluding carboxylic acids is 1. The number of esters is 1. The second-order valence-corrected chi connectivity index (χ2v) is 6.90. The molecule has 0 bridgehead atoms.